The van der Waals surface area contributed by atoms with Gasteiger partial charge in [-0.3, -0.25) is 4.79 Å². The lowest BCUT2D eigenvalue weighted by molar-refractivity contribution is -0.133. The van der Waals surface area contributed by atoms with Crippen molar-refractivity contribution in [1.29, 1.82) is 0 Å². The van der Waals surface area contributed by atoms with Crippen LogP contribution in [0, 0.1) is 11.8 Å². The molecule has 0 N–H and O–H groups in total. The van der Waals surface area contributed by atoms with Gasteiger partial charge in [-0.05, 0) is 36.5 Å². The summed E-state index contributed by atoms with van der Waals surface area (Å²) in [6.45, 7) is 6.29. The SMILES string of the molecule is CC1CC(C)CN(C(=O)Cc2cc(-c3ccc4c(c3)OCO4)on2)C1. The van der Waals surface area contributed by atoms with E-state index < -0.39 is 0 Å². The van der Waals surface area contributed by atoms with Crippen molar-refractivity contribution < 1.29 is 18.8 Å². The summed E-state index contributed by atoms with van der Waals surface area (Å²) in [6.07, 6.45) is 1.45. The fourth-order valence-corrected chi connectivity index (χ4v) is 3.71. The van der Waals surface area contributed by atoms with Crippen LogP contribution in [0.15, 0.2) is 28.8 Å². The zero-order chi connectivity index (χ0) is 17.4. The largest absolute Gasteiger partial charge is 0.454 e. The van der Waals surface area contributed by atoms with Gasteiger partial charge in [-0.1, -0.05) is 19.0 Å². The van der Waals surface area contributed by atoms with Crippen LogP contribution in [0.4, 0.5) is 0 Å². The van der Waals surface area contributed by atoms with Gasteiger partial charge in [0.15, 0.2) is 17.3 Å². The molecule has 2 aliphatic rings. The number of carbonyl (C=O) groups is 1. The molecule has 0 bridgehead atoms. The van der Waals surface area contributed by atoms with Crippen LogP contribution in [0.25, 0.3) is 11.3 Å². The lowest BCUT2D eigenvalue weighted by Gasteiger charge is -2.34. The third-order valence-electron chi connectivity index (χ3n) is 4.77. The van der Waals surface area contributed by atoms with Crippen LogP contribution in [0.3, 0.4) is 0 Å². The van der Waals surface area contributed by atoms with Gasteiger partial charge < -0.3 is 18.9 Å². The maximum Gasteiger partial charge on any atom is 0.231 e. The van der Waals surface area contributed by atoms with Gasteiger partial charge >= 0.3 is 0 Å². The lowest BCUT2D eigenvalue weighted by Crippen LogP contribution is -2.43. The Hall–Kier alpha value is -2.50. The molecule has 0 spiro atoms. The number of likely N-dealkylation sites (tertiary alicyclic amines) is 1. The monoisotopic (exact) mass is 342 g/mol. The van der Waals surface area contributed by atoms with E-state index in [1.165, 1.54) is 6.42 Å². The standard InChI is InChI=1S/C19H22N2O4/c1-12-5-13(2)10-21(9-12)19(22)8-15-7-17(25-20-15)14-3-4-16-18(6-14)24-11-23-16/h3-4,6-7,12-13H,5,8-11H2,1-2H3. The molecule has 4 rings (SSSR count). The maximum absolute atomic E-state index is 12.6. The zero-order valence-corrected chi connectivity index (χ0v) is 14.5. The molecule has 2 atom stereocenters. The third-order valence-corrected chi connectivity index (χ3v) is 4.77. The Morgan fingerprint density at radius 2 is 1.92 bits per heavy atom. The highest BCUT2D eigenvalue weighted by atomic mass is 16.7. The number of fused-ring (bicyclic) bond motifs is 1. The molecule has 1 aromatic heterocycles. The maximum atomic E-state index is 12.6. The molecule has 6 nitrogen and oxygen atoms in total. The van der Waals surface area contributed by atoms with Crippen LogP contribution in [-0.2, 0) is 11.2 Å². The Balaban J connectivity index is 1.45. The Labute approximate surface area is 146 Å². The summed E-state index contributed by atoms with van der Waals surface area (Å²) in [5.41, 5.74) is 1.51. The van der Waals surface area contributed by atoms with Gasteiger partial charge in [0, 0.05) is 24.7 Å². The first-order chi connectivity index (χ1) is 12.1. The van der Waals surface area contributed by atoms with Gasteiger partial charge in [0.2, 0.25) is 12.7 Å². The van der Waals surface area contributed by atoms with E-state index in [2.05, 4.69) is 19.0 Å². The first-order valence-corrected chi connectivity index (χ1v) is 8.72. The topological polar surface area (TPSA) is 64.8 Å². The number of hydrogen-bond acceptors (Lipinski definition) is 5. The van der Waals surface area contributed by atoms with E-state index in [9.17, 15) is 4.79 Å². The van der Waals surface area contributed by atoms with E-state index in [0.717, 1.165) is 24.4 Å². The summed E-state index contributed by atoms with van der Waals surface area (Å²) in [6, 6.07) is 7.43. The number of piperidine rings is 1. The van der Waals surface area contributed by atoms with Crippen molar-refractivity contribution in [2.45, 2.75) is 26.7 Å². The van der Waals surface area contributed by atoms with Crippen LogP contribution in [0.5, 0.6) is 11.5 Å². The van der Waals surface area contributed by atoms with Crippen molar-refractivity contribution in [2.24, 2.45) is 11.8 Å². The zero-order valence-electron chi connectivity index (χ0n) is 14.5. The Morgan fingerprint density at radius 3 is 2.72 bits per heavy atom. The average molecular weight is 342 g/mol. The Morgan fingerprint density at radius 1 is 1.16 bits per heavy atom. The normalized spacial score (nSPS) is 22.2. The minimum absolute atomic E-state index is 0.115. The molecular formula is C19H22N2O4. The molecule has 1 amide bonds. The third kappa shape index (κ3) is 3.34. The van der Waals surface area contributed by atoms with E-state index in [4.69, 9.17) is 14.0 Å². The molecule has 2 aromatic rings. The molecule has 0 saturated carbocycles. The van der Waals surface area contributed by atoms with E-state index >= 15 is 0 Å². The van der Waals surface area contributed by atoms with Gasteiger partial charge in [-0.15, -0.1) is 0 Å². The van der Waals surface area contributed by atoms with Crippen molar-refractivity contribution in [1.82, 2.24) is 10.1 Å². The fraction of sp³-hybridized carbons (Fsp3) is 0.474. The number of amides is 1. The van der Waals surface area contributed by atoms with Gasteiger partial charge in [-0.25, -0.2) is 0 Å². The first-order valence-electron chi connectivity index (χ1n) is 8.72. The van der Waals surface area contributed by atoms with Crippen molar-refractivity contribution in [2.75, 3.05) is 19.9 Å². The minimum Gasteiger partial charge on any atom is -0.454 e. The molecule has 0 radical (unpaired) electrons. The average Bonchev–Trinajstić information content (AvgIpc) is 3.22. The number of ether oxygens (including phenoxy) is 2. The van der Waals surface area contributed by atoms with Crippen LogP contribution in [-0.4, -0.2) is 35.8 Å². The second-order valence-electron chi connectivity index (χ2n) is 7.17. The number of benzene rings is 1. The van der Waals surface area contributed by atoms with E-state index in [-0.39, 0.29) is 19.1 Å². The van der Waals surface area contributed by atoms with Crippen molar-refractivity contribution in [3.63, 3.8) is 0 Å². The molecule has 132 valence electrons. The van der Waals surface area contributed by atoms with Crippen LogP contribution < -0.4 is 9.47 Å². The molecule has 25 heavy (non-hydrogen) atoms. The van der Waals surface area contributed by atoms with E-state index in [1.54, 1.807) is 0 Å². The van der Waals surface area contributed by atoms with Crippen molar-refractivity contribution in [3.8, 4) is 22.8 Å². The molecular weight excluding hydrogens is 320 g/mol. The van der Waals surface area contributed by atoms with E-state index in [1.807, 2.05) is 29.2 Å². The van der Waals surface area contributed by atoms with Crippen molar-refractivity contribution in [3.05, 3.63) is 30.0 Å². The highest BCUT2D eigenvalue weighted by Gasteiger charge is 2.26. The smallest absolute Gasteiger partial charge is 0.231 e. The number of carbonyl (C=O) groups excluding carboxylic acids is 1. The Kier molecular flexibility index (Phi) is 4.11. The molecule has 0 aliphatic carbocycles. The highest BCUT2D eigenvalue weighted by molar-refractivity contribution is 5.79. The Bertz CT molecular complexity index is 775. The van der Waals surface area contributed by atoms with Crippen molar-refractivity contribution >= 4 is 5.91 Å². The predicted molar refractivity (Wildman–Crippen MR) is 91.3 cm³/mol. The van der Waals surface area contributed by atoms with Gasteiger partial charge in [0.25, 0.3) is 0 Å². The molecule has 2 aliphatic heterocycles. The second kappa shape index (κ2) is 6.43. The number of aromatic nitrogens is 1. The summed E-state index contributed by atoms with van der Waals surface area (Å²) in [4.78, 5) is 14.5. The van der Waals surface area contributed by atoms with Gasteiger partial charge in [-0.2, -0.15) is 0 Å². The quantitative estimate of drug-likeness (QED) is 0.857. The molecule has 1 saturated heterocycles. The second-order valence-corrected chi connectivity index (χ2v) is 7.17. The number of rotatable bonds is 3. The highest BCUT2D eigenvalue weighted by Crippen LogP contribution is 2.36. The van der Waals surface area contributed by atoms with Crippen LogP contribution in [0.1, 0.15) is 26.0 Å². The van der Waals surface area contributed by atoms with Gasteiger partial charge in [0.1, 0.15) is 0 Å². The summed E-state index contributed by atoms with van der Waals surface area (Å²) in [5, 5.41) is 4.06. The van der Waals surface area contributed by atoms with Crippen LogP contribution >= 0.6 is 0 Å². The lowest BCUT2D eigenvalue weighted by atomic mass is 9.91. The fourth-order valence-electron chi connectivity index (χ4n) is 3.71. The minimum atomic E-state index is 0.115. The summed E-state index contributed by atoms with van der Waals surface area (Å²) in [5.74, 6) is 3.27. The molecule has 3 heterocycles. The predicted octanol–water partition coefficient (Wildman–Crippen LogP) is 3.12. The number of nitrogens with zero attached hydrogens (tertiary/aromatic N) is 2. The van der Waals surface area contributed by atoms with E-state index in [0.29, 0.717) is 29.0 Å². The molecule has 2 unspecified atom stereocenters. The molecule has 1 fully saturated rings. The first kappa shape index (κ1) is 16.0. The number of hydrogen-bond donors (Lipinski definition) is 0. The van der Waals surface area contributed by atoms with Crippen LogP contribution in [0.2, 0.25) is 0 Å². The van der Waals surface area contributed by atoms with Gasteiger partial charge in [0.05, 0.1) is 12.1 Å². The summed E-state index contributed by atoms with van der Waals surface area (Å²) >= 11 is 0. The molecule has 1 aromatic carbocycles. The summed E-state index contributed by atoms with van der Waals surface area (Å²) in [7, 11) is 0. The molecule has 6 heteroatoms. The summed E-state index contributed by atoms with van der Waals surface area (Å²) < 4.78 is 16.1.